The molecule has 2 aromatic carbocycles. The van der Waals surface area contributed by atoms with Crippen LogP contribution in [0.1, 0.15) is 0 Å². The molecular weight excluding hydrogens is 342 g/mol. The molecule has 0 bridgehead atoms. The van der Waals surface area contributed by atoms with Gasteiger partial charge in [-0.2, -0.15) is 0 Å². The van der Waals surface area contributed by atoms with Gasteiger partial charge >= 0.3 is 0 Å². The van der Waals surface area contributed by atoms with E-state index in [1.54, 1.807) is 38.7 Å². The quantitative estimate of drug-likeness (QED) is 0.417. The Hall–Kier alpha value is -3.74. The predicted octanol–water partition coefficient (Wildman–Crippen LogP) is 4.80. The number of nitrogens with zero attached hydrogens (tertiary/aromatic N) is 4. The first-order valence-corrected chi connectivity index (χ1v) is 8.27. The van der Waals surface area contributed by atoms with E-state index in [1.165, 1.54) is 0 Å². The summed E-state index contributed by atoms with van der Waals surface area (Å²) in [4.78, 5) is 8.75. The first-order valence-electron chi connectivity index (χ1n) is 8.27. The molecule has 4 aromatic rings. The predicted molar refractivity (Wildman–Crippen MR) is 105 cm³/mol. The Labute approximate surface area is 155 Å². The maximum atomic E-state index is 6.08. The lowest BCUT2D eigenvalue weighted by Crippen LogP contribution is -1.93. The number of methoxy groups -OCH3 is 2. The number of aromatic nitrogens is 2. The number of azo groups is 1. The number of pyridine rings is 2. The minimum Gasteiger partial charge on any atom is -0.497 e. The molecule has 0 fully saturated rings. The van der Waals surface area contributed by atoms with E-state index >= 15 is 0 Å². The Balaban J connectivity index is 1.92. The number of benzene rings is 2. The topological polar surface area (TPSA) is 95.0 Å². The van der Waals surface area contributed by atoms with Crippen LogP contribution in [0.2, 0.25) is 0 Å². The lowest BCUT2D eigenvalue weighted by Gasteiger charge is -2.09. The number of nitrogen functional groups attached to an aromatic ring is 1. The van der Waals surface area contributed by atoms with Crippen molar-refractivity contribution >= 4 is 38.9 Å². The Kier molecular flexibility index (Phi) is 4.25. The van der Waals surface area contributed by atoms with Crippen LogP contribution in [0.4, 0.5) is 17.1 Å². The average molecular weight is 359 g/mol. The standard InChI is InChI=1S/C20H17N5O2/c1-26-13-9-12-5-3-7-22-18(12)16(10-13)24-25-20-14-6-4-8-23-19(14)15(21)11-17(20)27-2/h3-11H,21H2,1-2H3. The zero-order valence-electron chi connectivity index (χ0n) is 14.9. The molecule has 0 amide bonds. The van der Waals surface area contributed by atoms with E-state index in [4.69, 9.17) is 15.2 Å². The van der Waals surface area contributed by atoms with Crippen LogP contribution in [0.3, 0.4) is 0 Å². The smallest absolute Gasteiger partial charge is 0.149 e. The molecule has 0 aliphatic heterocycles. The summed E-state index contributed by atoms with van der Waals surface area (Å²) in [6.45, 7) is 0. The van der Waals surface area contributed by atoms with Gasteiger partial charge in [0.05, 0.1) is 30.9 Å². The highest BCUT2D eigenvalue weighted by Gasteiger charge is 2.13. The number of anilines is 1. The van der Waals surface area contributed by atoms with Crippen molar-refractivity contribution < 1.29 is 9.47 Å². The zero-order valence-corrected chi connectivity index (χ0v) is 14.9. The molecule has 0 saturated heterocycles. The molecule has 0 unspecified atom stereocenters. The second kappa shape index (κ2) is 6.87. The van der Waals surface area contributed by atoms with Gasteiger partial charge in [-0.15, -0.1) is 10.2 Å². The fourth-order valence-corrected chi connectivity index (χ4v) is 2.94. The summed E-state index contributed by atoms with van der Waals surface area (Å²) in [7, 11) is 3.18. The number of nitrogens with two attached hydrogens (primary N) is 1. The molecule has 2 heterocycles. The largest absolute Gasteiger partial charge is 0.497 e. The van der Waals surface area contributed by atoms with Crippen LogP contribution < -0.4 is 15.2 Å². The van der Waals surface area contributed by atoms with Gasteiger partial charge in [0.25, 0.3) is 0 Å². The highest BCUT2D eigenvalue weighted by atomic mass is 16.5. The van der Waals surface area contributed by atoms with E-state index < -0.39 is 0 Å². The van der Waals surface area contributed by atoms with Crippen molar-refractivity contribution in [2.45, 2.75) is 0 Å². The van der Waals surface area contributed by atoms with Crippen LogP contribution in [0.5, 0.6) is 11.5 Å². The fraction of sp³-hybridized carbons (Fsp3) is 0.100. The van der Waals surface area contributed by atoms with Gasteiger partial charge in [-0.25, -0.2) is 0 Å². The number of ether oxygens (including phenoxy) is 2. The zero-order chi connectivity index (χ0) is 18.8. The molecule has 2 aromatic heterocycles. The second-order valence-electron chi connectivity index (χ2n) is 5.84. The molecule has 0 aliphatic rings. The number of rotatable bonds is 4. The van der Waals surface area contributed by atoms with Gasteiger partial charge in [-0.05, 0) is 24.3 Å². The molecule has 0 aliphatic carbocycles. The summed E-state index contributed by atoms with van der Waals surface area (Å²) in [5, 5.41) is 10.6. The highest BCUT2D eigenvalue weighted by molar-refractivity contribution is 6.00. The lowest BCUT2D eigenvalue weighted by molar-refractivity contribution is 0.415. The van der Waals surface area contributed by atoms with Gasteiger partial charge in [0, 0.05) is 35.3 Å². The SMILES string of the molecule is COc1cc(N=Nc2c(OC)cc(N)c3ncccc23)c2ncccc2c1. The highest BCUT2D eigenvalue weighted by Crippen LogP contribution is 2.40. The number of hydrogen-bond donors (Lipinski definition) is 1. The van der Waals surface area contributed by atoms with Crippen molar-refractivity contribution in [1.82, 2.24) is 9.97 Å². The van der Waals surface area contributed by atoms with Gasteiger partial charge in [0.15, 0.2) is 0 Å². The van der Waals surface area contributed by atoms with Crippen LogP contribution in [0.25, 0.3) is 21.8 Å². The molecule has 0 atom stereocenters. The molecule has 0 radical (unpaired) electrons. The maximum absolute atomic E-state index is 6.08. The van der Waals surface area contributed by atoms with E-state index in [0.29, 0.717) is 34.1 Å². The van der Waals surface area contributed by atoms with E-state index in [0.717, 1.165) is 16.3 Å². The van der Waals surface area contributed by atoms with Crippen LogP contribution in [0.15, 0.2) is 65.1 Å². The number of hydrogen-bond acceptors (Lipinski definition) is 7. The Morgan fingerprint density at radius 3 is 2.44 bits per heavy atom. The first-order chi connectivity index (χ1) is 13.2. The van der Waals surface area contributed by atoms with Crippen LogP contribution in [-0.4, -0.2) is 24.2 Å². The van der Waals surface area contributed by atoms with Gasteiger partial charge in [0.2, 0.25) is 0 Å². The molecule has 2 N–H and O–H groups in total. The molecule has 7 nitrogen and oxygen atoms in total. The average Bonchev–Trinajstić information content (AvgIpc) is 2.72. The molecular formula is C20H17N5O2. The van der Waals surface area contributed by atoms with E-state index in [2.05, 4.69) is 20.2 Å². The van der Waals surface area contributed by atoms with Crippen molar-refractivity contribution in [3.05, 3.63) is 54.9 Å². The van der Waals surface area contributed by atoms with E-state index in [9.17, 15) is 0 Å². The van der Waals surface area contributed by atoms with Crippen molar-refractivity contribution in [3.8, 4) is 11.5 Å². The van der Waals surface area contributed by atoms with E-state index in [1.807, 2.05) is 30.3 Å². The second-order valence-corrected chi connectivity index (χ2v) is 5.84. The summed E-state index contributed by atoms with van der Waals surface area (Å²) in [6.07, 6.45) is 3.41. The van der Waals surface area contributed by atoms with Crippen molar-refractivity contribution in [3.63, 3.8) is 0 Å². The maximum Gasteiger partial charge on any atom is 0.149 e. The normalized spacial score (nSPS) is 11.3. The minimum atomic E-state index is 0.523. The molecule has 0 spiro atoms. The summed E-state index contributed by atoms with van der Waals surface area (Å²) < 4.78 is 10.8. The molecule has 7 heteroatoms. The summed E-state index contributed by atoms with van der Waals surface area (Å²) in [5.41, 5.74) is 9.15. The first kappa shape index (κ1) is 16.7. The lowest BCUT2D eigenvalue weighted by atomic mass is 10.1. The van der Waals surface area contributed by atoms with E-state index in [-0.39, 0.29) is 0 Å². The van der Waals surface area contributed by atoms with Gasteiger partial charge in [0.1, 0.15) is 22.9 Å². The molecule has 0 saturated carbocycles. The Bertz CT molecular complexity index is 1170. The fourth-order valence-electron chi connectivity index (χ4n) is 2.94. The Morgan fingerprint density at radius 2 is 1.67 bits per heavy atom. The van der Waals surface area contributed by atoms with Crippen molar-refractivity contribution in [2.75, 3.05) is 20.0 Å². The molecule has 4 rings (SSSR count). The summed E-state index contributed by atoms with van der Waals surface area (Å²) in [5.74, 6) is 1.21. The molecule has 134 valence electrons. The van der Waals surface area contributed by atoms with Crippen LogP contribution >= 0.6 is 0 Å². The van der Waals surface area contributed by atoms with Crippen LogP contribution in [0, 0.1) is 0 Å². The monoisotopic (exact) mass is 359 g/mol. The van der Waals surface area contributed by atoms with Crippen molar-refractivity contribution in [1.29, 1.82) is 0 Å². The van der Waals surface area contributed by atoms with Gasteiger partial charge < -0.3 is 15.2 Å². The van der Waals surface area contributed by atoms with Crippen molar-refractivity contribution in [2.24, 2.45) is 10.2 Å². The Morgan fingerprint density at radius 1 is 0.889 bits per heavy atom. The third kappa shape index (κ3) is 2.99. The third-order valence-electron chi connectivity index (χ3n) is 4.23. The minimum absolute atomic E-state index is 0.523. The molecule has 27 heavy (non-hydrogen) atoms. The summed E-state index contributed by atoms with van der Waals surface area (Å²) >= 11 is 0. The summed E-state index contributed by atoms with van der Waals surface area (Å²) in [6, 6.07) is 12.9. The van der Waals surface area contributed by atoms with Gasteiger partial charge in [-0.1, -0.05) is 6.07 Å². The third-order valence-corrected chi connectivity index (χ3v) is 4.23. The number of fused-ring (bicyclic) bond motifs is 2. The van der Waals surface area contributed by atoms with Gasteiger partial charge in [-0.3, -0.25) is 9.97 Å². The van der Waals surface area contributed by atoms with Crippen LogP contribution in [-0.2, 0) is 0 Å².